The maximum atomic E-state index is 12.1. The average Bonchev–Trinajstić information content (AvgIpc) is 3.00. The quantitative estimate of drug-likeness (QED) is 0.185. The Morgan fingerprint density at radius 2 is 1.79 bits per heavy atom. The van der Waals surface area contributed by atoms with E-state index in [9.17, 15) is 4.79 Å². The molecule has 2 rings (SSSR count). The minimum Gasteiger partial charge on any atom is -0.452 e. The fourth-order valence-corrected chi connectivity index (χ4v) is 3.51. The van der Waals surface area contributed by atoms with E-state index < -0.39 is 12.4 Å². The van der Waals surface area contributed by atoms with Crippen LogP contribution in [0.2, 0.25) is 5.02 Å². The van der Waals surface area contributed by atoms with Gasteiger partial charge < -0.3 is 14.2 Å². The number of nitrogens with zero attached hydrogens (tertiary/aromatic N) is 3. The highest BCUT2D eigenvalue weighted by atomic mass is 35.5. The summed E-state index contributed by atoms with van der Waals surface area (Å²) in [7, 11) is 3.46. The van der Waals surface area contributed by atoms with Crippen LogP contribution < -0.4 is 0 Å². The van der Waals surface area contributed by atoms with Crippen LogP contribution in [0.1, 0.15) is 64.1 Å². The van der Waals surface area contributed by atoms with Crippen molar-refractivity contribution in [3.63, 3.8) is 0 Å². The standard InChI is InChI=1S/C26H36ClN3O4/c1-16(2)15-32-25(31)34-18(4)33-24(23-22(27)17(3)29-30(23)9)21(14-28-8)19-10-12-20(13-11-19)26(5,6)7/h10-14,16,18H,15H2,1-9H3/b24-21-,28-14?. The zero-order valence-corrected chi connectivity index (χ0v) is 22.4. The third kappa shape index (κ3) is 7.10. The van der Waals surface area contributed by atoms with E-state index in [1.54, 1.807) is 31.9 Å². The molecule has 1 aromatic heterocycles. The number of aliphatic imine (C=N–C) groups is 1. The molecule has 1 heterocycles. The van der Waals surface area contributed by atoms with Crippen molar-refractivity contribution in [3.8, 4) is 0 Å². The zero-order chi connectivity index (χ0) is 25.6. The van der Waals surface area contributed by atoms with Crippen molar-refractivity contribution in [2.75, 3.05) is 13.7 Å². The summed E-state index contributed by atoms with van der Waals surface area (Å²) in [5.41, 5.74) is 3.98. The topological polar surface area (TPSA) is 74.9 Å². The van der Waals surface area contributed by atoms with Gasteiger partial charge in [-0.2, -0.15) is 5.10 Å². The largest absolute Gasteiger partial charge is 0.511 e. The molecule has 1 aromatic carbocycles. The maximum absolute atomic E-state index is 12.1. The van der Waals surface area contributed by atoms with Crippen molar-refractivity contribution in [3.05, 3.63) is 51.8 Å². The van der Waals surface area contributed by atoms with Gasteiger partial charge in [0.2, 0.25) is 6.29 Å². The van der Waals surface area contributed by atoms with E-state index in [0.29, 0.717) is 27.7 Å². The van der Waals surface area contributed by atoms with E-state index in [0.717, 1.165) is 5.56 Å². The van der Waals surface area contributed by atoms with Crippen molar-refractivity contribution in [2.24, 2.45) is 18.0 Å². The zero-order valence-electron chi connectivity index (χ0n) is 21.6. The number of allylic oxidation sites excluding steroid dienone is 1. The number of hydrogen-bond donors (Lipinski definition) is 0. The van der Waals surface area contributed by atoms with Crippen molar-refractivity contribution >= 4 is 35.3 Å². The highest BCUT2D eigenvalue weighted by Gasteiger charge is 2.25. The molecule has 34 heavy (non-hydrogen) atoms. The number of halogens is 1. The van der Waals surface area contributed by atoms with Crippen LogP contribution in [0.4, 0.5) is 4.79 Å². The van der Waals surface area contributed by atoms with E-state index in [4.69, 9.17) is 25.8 Å². The second-order valence-corrected chi connectivity index (χ2v) is 9.97. The third-order valence-corrected chi connectivity index (χ3v) is 5.46. The van der Waals surface area contributed by atoms with Crippen LogP contribution in [-0.4, -0.2) is 42.1 Å². The Balaban J connectivity index is 2.56. The normalized spacial score (nSPS) is 13.7. The summed E-state index contributed by atoms with van der Waals surface area (Å²) < 4.78 is 18.3. The number of benzene rings is 1. The molecule has 0 aliphatic heterocycles. The lowest BCUT2D eigenvalue weighted by molar-refractivity contribution is -0.0690. The SMILES string of the molecule is CN=C/C(=C(/OC(C)OC(=O)OCC(C)C)c1c(Cl)c(C)nn1C)c1ccc(C(C)(C)C)cc1. The van der Waals surface area contributed by atoms with Gasteiger partial charge in [-0.15, -0.1) is 0 Å². The first-order valence-corrected chi connectivity index (χ1v) is 11.7. The molecule has 0 aliphatic carbocycles. The minimum absolute atomic E-state index is 0.0156. The monoisotopic (exact) mass is 489 g/mol. The molecule has 0 amide bonds. The Morgan fingerprint density at radius 3 is 2.26 bits per heavy atom. The van der Waals surface area contributed by atoms with Gasteiger partial charge in [0.05, 0.1) is 17.3 Å². The average molecular weight is 490 g/mol. The van der Waals surface area contributed by atoms with Gasteiger partial charge in [-0.1, -0.05) is 70.5 Å². The van der Waals surface area contributed by atoms with Crippen molar-refractivity contribution < 1.29 is 19.0 Å². The summed E-state index contributed by atoms with van der Waals surface area (Å²) in [6.07, 6.45) is -0.0488. The molecule has 186 valence electrons. The predicted octanol–water partition coefficient (Wildman–Crippen LogP) is 6.42. The number of aromatic nitrogens is 2. The summed E-state index contributed by atoms with van der Waals surface area (Å²) >= 11 is 6.62. The van der Waals surface area contributed by atoms with E-state index in [1.807, 2.05) is 32.9 Å². The molecule has 1 atom stereocenters. The van der Waals surface area contributed by atoms with Gasteiger partial charge in [-0.05, 0) is 29.4 Å². The van der Waals surface area contributed by atoms with Gasteiger partial charge in [0.1, 0.15) is 5.69 Å². The molecule has 2 aromatic rings. The molecule has 0 bridgehead atoms. The molecule has 0 saturated heterocycles. The maximum Gasteiger partial charge on any atom is 0.511 e. The molecule has 7 nitrogen and oxygen atoms in total. The fourth-order valence-electron chi connectivity index (χ4n) is 3.26. The Bertz CT molecular complexity index is 1050. The van der Waals surface area contributed by atoms with Crippen LogP contribution in [-0.2, 0) is 26.7 Å². The van der Waals surface area contributed by atoms with Crippen molar-refractivity contribution in [2.45, 2.75) is 60.2 Å². The molecule has 0 N–H and O–H groups in total. The summed E-state index contributed by atoms with van der Waals surface area (Å²) in [6, 6.07) is 8.19. The van der Waals surface area contributed by atoms with Crippen LogP contribution >= 0.6 is 11.6 Å². The molecule has 0 radical (unpaired) electrons. The van der Waals surface area contributed by atoms with Gasteiger partial charge in [-0.25, -0.2) is 4.79 Å². The summed E-state index contributed by atoms with van der Waals surface area (Å²) in [6.45, 7) is 14.1. The number of aryl methyl sites for hydroxylation is 2. The molecule has 0 spiro atoms. The molecule has 0 aliphatic rings. The van der Waals surface area contributed by atoms with Crippen molar-refractivity contribution in [1.29, 1.82) is 0 Å². The lowest BCUT2D eigenvalue weighted by Crippen LogP contribution is -2.21. The van der Waals surface area contributed by atoms with Crippen LogP contribution in [0.25, 0.3) is 11.3 Å². The van der Waals surface area contributed by atoms with E-state index in [2.05, 4.69) is 43.0 Å². The van der Waals surface area contributed by atoms with Crippen LogP contribution in [0.5, 0.6) is 0 Å². The molecular formula is C26H36ClN3O4. The van der Waals surface area contributed by atoms with Crippen LogP contribution in [0, 0.1) is 12.8 Å². The van der Waals surface area contributed by atoms with E-state index in [-0.39, 0.29) is 17.9 Å². The third-order valence-electron chi connectivity index (χ3n) is 5.01. The van der Waals surface area contributed by atoms with E-state index in [1.165, 1.54) is 5.56 Å². The Kier molecular flexibility index (Phi) is 9.33. The Labute approximate surface area is 207 Å². The first-order chi connectivity index (χ1) is 15.8. The van der Waals surface area contributed by atoms with E-state index >= 15 is 0 Å². The summed E-state index contributed by atoms with van der Waals surface area (Å²) in [5, 5.41) is 4.87. The molecule has 8 heteroatoms. The molecule has 0 fully saturated rings. The van der Waals surface area contributed by atoms with Gasteiger partial charge in [0, 0.05) is 32.8 Å². The highest BCUT2D eigenvalue weighted by molar-refractivity contribution is 6.33. The fraction of sp³-hybridized carbons (Fsp3) is 0.500. The molecule has 1 unspecified atom stereocenters. The van der Waals surface area contributed by atoms with Gasteiger partial charge in [-0.3, -0.25) is 9.67 Å². The van der Waals surface area contributed by atoms with Gasteiger partial charge >= 0.3 is 6.16 Å². The minimum atomic E-state index is -0.949. The second kappa shape index (κ2) is 11.6. The Hall–Kier alpha value is -2.80. The number of carbonyl (C=O) groups excluding carboxylic acids is 1. The smallest absolute Gasteiger partial charge is 0.452 e. The number of ether oxygens (including phenoxy) is 3. The second-order valence-electron chi connectivity index (χ2n) is 9.59. The highest BCUT2D eigenvalue weighted by Crippen LogP contribution is 2.34. The first-order valence-electron chi connectivity index (χ1n) is 11.3. The molecular weight excluding hydrogens is 454 g/mol. The predicted molar refractivity (Wildman–Crippen MR) is 137 cm³/mol. The van der Waals surface area contributed by atoms with Gasteiger partial charge in [0.25, 0.3) is 0 Å². The number of hydrogen-bond acceptors (Lipinski definition) is 6. The Morgan fingerprint density at radius 1 is 1.18 bits per heavy atom. The first kappa shape index (κ1) is 27.4. The number of rotatable bonds is 8. The lowest BCUT2D eigenvalue weighted by Gasteiger charge is -2.22. The van der Waals surface area contributed by atoms with Gasteiger partial charge in [0.15, 0.2) is 5.76 Å². The molecule has 0 saturated carbocycles. The van der Waals surface area contributed by atoms with Crippen molar-refractivity contribution in [1.82, 2.24) is 9.78 Å². The summed E-state index contributed by atoms with van der Waals surface area (Å²) in [5.74, 6) is 0.588. The van der Waals surface area contributed by atoms with Crippen LogP contribution in [0.3, 0.4) is 0 Å². The summed E-state index contributed by atoms with van der Waals surface area (Å²) in [4.78, 5) is 16.3. The lowest BCUT2D eigenvalue weighted by atomic mass is 9.86. The number of carbonyl (C=O) groups is 1. The van der Waals surface area contributed by atoms with Crippen LogP contribution in [0.15, 0.2) is 29.3 Å².